The van der Waals surface area contributed by atoms with Gasteiger partial charge in [-0.1, -0.05) is 24.3 Å². The zero-order valence-electron chi connectivity index (χ0n) is 13.0. The van der Waals surface area contributed by atoms with Crippen molar-refractivity contribution in [3.8, 4) is 34.1 Å². The lowest BCUT2D eigenvalue weighted by atomic mass is 10.1. The molecule has 0 aliphatic heterocycles. The minimum absolute atomic E-state index is 0.391. The second kappa shape index (κ2) is 6.36. The Hall–Kier alpha value is -3.08. The van der Waals surface area contributed by atoms with Crippen molar-refractivity contribution in [2.24, 2.45) is 0 Å². The van der Waals surface area contributed by atoms with Gasteiger partial charge in [-0.3, -0.25) is 0 Å². The van der Waals surface area contributed by atoms with Crippen LogP contribution in [0.4, 0.5) is 5.82 Å². The summed E-state index contributed by atoms with van der Waals surface area (Å²) in [6, 6.07) is 17.0. The molecule has 0 amide bonds. The fourth-order valence-electron chi connectivity index (χ4n) is 2.41. The van der Waals surface area contributed by atoms with Crippen molar-refractivity contribution in [3.63, 3.8) is 0 Å². The van der Waals surface area contributed by atoms with Gasteiger partial charge in [0, 0.05) is 11.6 Å². The SMILES string of the molecule is COc1ccccc1-c1cc(N)nc(-c2ccccc2OC)n1. The zero-order valence-corrected chi connectivity index (χ0v) is 13.0. The molecule has 2 aromatic carbocycles. The van der Waals surface area contributed by atoms with Crippen molar-refractivity contribution in [2.45, 2.75) is 0 Å². The van der Waals surface area contributed by atoms with E-state index in [4.69, 9.17) is 15.2 Å². The van der Waals surface area contributed by atoms with Crippen LogP contribution in [0.2, 0.25) is 0 Å². The van der Waals surface area contributed by atoms with Gasteiger partial charge in [-0.15, -0.1) is 0 Å². The van der Waals surface area contributed by atoms with E-state index < -0.39 is 0 Å². The number of hydrogen-bond donors (Lipinski definition) is 1. The number of aromatic nitrogens is 2. The van der Waals surface area contributed by atoms with E-state index in [2.05, 4.69) is 9.97 Å². The molecule has 5 nitrogen and oxygen atoms in total. The quantitative estimate of drug-likeness (QED) is 0.800. The Morgan fingerprint density at radius 1 is 0.783 bits per heavy atom. The number of para-hydroxylation sites is 2. The third-order valence-electron chi connectivity index (χ3n) is 3.48. The summed E-state index contributed by atoms with van der Waals surface area (Å²) in [6.45, 7) is 0. The molecule has 0 aliphatic rings. The highest BCUT2D eigenvalue weighted by Crippen LogP contribution is 2.32. The van der Waals surface area contributed by atoms with Crippen LogP contribution in [-0.4, -0.2) is 24.2 Å². The minimum Gasteiger partial charge on any atom is -0.496 e. The number of hydrogen-bond acceptors (Lipinski definition) is 5. The molecule has 3 rings (SSSR count). The summed E-state index contributed by atoms with van der Waals surface area (Å²) in [7, 11) is 3.25. The molecule has 0 fully saturated rings. The molecule has 0 spiro atoms. The van der Waals surface area contributed by atoms with Crippen LogP contribution >= 0.6 is 0 Å². The lowest BCUT2D eigenvalue weighted by molar-refractivity contribution is 0.416. The molecule has 0 saturated carbocycles. The molecule has 116 valence electrons. The number of rotatable bonds is 4. The first-order chi connectivity index (χ1) is 11.2. The number of benzene rings is 2. The summed E-state index contributed by atoms with van der Waals surface area (Å²) in [4.78, 5) is 8.98. The first-order valence-electron chi connectivity index (χ1n) is 7.14. The van der Waals surface area contributed by atoms with Gasteiger partial charge in [-0.2, -0.15) is 0 Å². The predicted molar refractivity (Wildman–Crippen MR) is 90.4 cm³/mol. The fraction of sp³-hybridized carbons (Fsp3) is 0.111. The number of nitrogens with two attached hydrogens (primary N) is 1. The highest BCUT2D eigenvalue weighted by molar-refractivity contribution is 5.73. The number of nitrogens with zero attached hydrogens (tertiary/aromatic N) is 2. The maximum atomic E-state index is 5.98. The molecule has 1 aromatic heterocycles. The van der Waals surface area contributed by atoms with Crippen LogP contribution < -0.4 is 15.2 Å². The van der Waals surface area contributed by atoms with Gasteiger partial charge in [0.15, 0.2) is 5.82 Å². The lowest BCUT2D eigenvalue weighted by Crippen LogP contribution is -2.00. The summed E-state index contributed by atoms with van der Waals surface area (Å²) < 4.78 is 10.8. The third-order valence-corrected chi connectivity index (χ3v) is 3.48. The highest BCUT2D eigenvalue weighted by Gasteiger charge is 2.13. The second-order valence-corrected chi connectivity index (χ2v) is 4.90. The van der Waals surface area contributed by atoms with E-state index in [0.717, 1.165) is 16.9 Å². The highest BCUT2D eigenvalue weighted by atomic mass is 16.5. The smallest absolute Gasteiger partial charge is 0.165 e. The number of anilines is 1. The number of methoxy groups -OCH3 is 2. The van der Waals surface area contributed by atoms with Gasteiger partial charge in [-0.05, 0) is 24.3 Å². The first kappa shape index (κ1) is 14.8. The van der Waals surface area contributed by atoms with Gasteiger partial charge in [0.05, 0.1) is 25.5 Å². The maximum absolute atomic E-state index is 5.98. The van der Waals surface area contributed by atoms with Crippen LogP contribution in [0.1, 0.15) is 0 Å². The summed E-state index contributed by atoms with van der Waals surface area (Å²) >= 11 is 0. The van der Waals surface area contributed by atoms with E-state index >= 15 is 0 Å². The van der Waals surface area contributed by atoms with E-state index in [0.29, 0.717) is 23.1 Å². The van der Waals surface area contributed by atoms with Crippen molar-refractivity contribution >= 4 is 5.82 Å². The summed E-state index contributed by atoms with van der Waals surface area (Å²) in [5.41, 5.74) is 8.34. The van der Waals surface area contributed by atoms with Gasteiger partial charge >= 0.3 is 0 Å². The van der Waals surface area contributed by atoms with Crippen molar-refractivity contribution in [3.05, 3.63) is 54.6 Å². The van der Waals surface area contributed by atoms with E-state index in [9.17, 15) is 0 Å². The van der Waals surface area contributed by atoms with Crippen molar-refractivity contribution in [1.82, 2.24) is 9.97 Å². The molecular weight excluding hydrogens is 290 g/mol. The molecule has 5 heteroatoms. The van der Waals surface area contributed by atoms with Crippen molar-refractivity contribution in [1.29, 1.82) is 0 Å². The van der Waals surface area contributed by atoms with E-state index in [1.165, 1.54) is 0 Å². The topological polar surface area (TPSA) is 70.3 Å². The summed E-state index contributed by atoms with van der Waals surface area (Å²) in [6.07, 6.45) is 0. The van der Waals surface area contributed by atoms with Crippen LogP contribution in [0.5, 0.6) is 11.5 Å². The first-order valence-corrected chi connectivity index (χ1v) is 7.14. The fourth-order valence-corrected chi connectivity index (χ4v) is 2.41. The van der Waals surface area contributed by atoms with E-state index in [1.54, 1.807) is 20.3 Å². The molecule has 3 aromatic rings. The number of ether oxygens (including phenoxy) is 2. The molecule has 0 radical (unpaired) electrons. The zero-order chi connectivity index (χ0) is 16.2. The molecule has 0 atom stereocenters. The van der Waals surface area contributed by atoms with Gasteiger partial charge in [0.25, 0.3) is 0 Å². The third kappa shape index (κ3) is 2.94. The van der Waals surface area contributed by atoms with Crippen LogP contribution in [0.3, 0.4) is 0 Å². The average Bonchev–Trinajstić information content (AvgIpc) is 2.61. The Morgan fingerprint density at radius 3 is 2.00 bits per heavy atom. The van der Waals surface area contributed by atoms with Gasteiger partial charge < -0.3 is 15.2 Å². The molecule has 2 N–H and O–H groups in total. The maximum Gasteiger partial charge on any atom is 0.165 e. The Bertz CT molecular complexity index is 768. The molecule has 23 heavy (non-hydrogen) atoms. The van der Waals surface area contributed by atoms with Crippen molar-refractivity contribution in [2.75, 3.05) is 20.0 Å². The Balaban J connectivity index is 2.17. The van der Waals surface area contributed by atoms with Gasteiger partial charge in [-0.25, -0.2) is 9.97 Å². The van der Waals surface area contributed by atoms with E-state index in [1.807, 2.05) is 48.5 Å². The molecule has 1 heterocycles. The largest absolute Gasteiger partial charge is 0.496 e. The molecular formula is C18H17N3O2. The van der Waals surface area contributed by atoms with Crippen LogP contribution in [0.25, 0.3) is 22.6 Å². The Labute approximate surface area is 134 Å². The monoisotopic (exact) mass is 307 g/mol. The van der Waals surface area contributed by atoms with Gasteiger partial charge in [0.2, 0.25) is 0 Å². The molecule has 0 unspecified atom stereocenters. The van der Waals surface area contributed by atoms with E-state index in [-0.39, 0.29) is 0 Å². The van der Waals surface area contributed by atoms with Crippen molar-refractivity contribution < 1.29 is 9.47 Å². The molecule has 0 aliphatic carbocycles. The summed E-state index contributed by atoms with van der Waals surface area (Å²) in [5, 5.41) is 0. The van der Waals surface area contributed by atoms with Gasteiger partial charge in [0.1, 0.15) is 17.3 Å². The minimum atomic E-state index is 0.391. The predicted octanol–water partition coefficient (Wildman–Crippen LogP) is 3.41. The van der Waals surface area contributed by atoms with Crippen LogP contribution in [0, 0.1) is 0 Å². The average molecular weight is 307 g/mol. The molecule has 0 bridgehead atoms. The molecule has 0 saturated heterocycles. The second-order valence-electron chi connectivity index (χ2n) is 4.90. The summed E-state index contributed by atoms with van der Waals surface area (Å²) in [5.74, 6) is 2.34. The number of nitrogen functional groups attached to an aromatic ring is 1. The lowest BCUT2D eigenvalue weighted by Gasteiger charge is -2.11. The Morgan fingerprint density at radius 2 is 1.35 bits per heavy atom. The normalized spacial score (nSPS) is 10.3. The Kier molecular flexibility index (Phi) is 4.10. The van der Waals surface area contributed by atoms with Crippen LogP contribution in [-0.2, 0) is 0 Å². The standard InChI is InChI=1S/C18H17N3O2/c1-22-15-9-5-3-7-12(15)14-11-17(19)21-18(20-14)13-8-4-6-10-16(13)23-2/h3-11H,1-2H3,(H2,19,20,21). The van der Waals surface area contributed by atoms with Crippen LogP contribution in [0.15, 0.2) is 54.6 Å².